The maximum Gasteiger partial charge on any atom is 0.439 e. The Labute approximate surface area is 165 Å². The average molecular weight is 432 g/mol. The molecular formula is C17H25N3O6S2. The molecule has 9 nitrogen and oxygen atoms in total. The summed E-state index contributed by atoms with van der Waals surface area (Å²) in [7, 11) is -7.87. The van der Waals surface area contributed by atoms with E-state index in [0.29, 0.717) is 17.3 Å². The van der Waals surface area contributed by atoms with Crippen molar-refractivity contribution in [3.05, 3.63) is 29.8 Å². The van der Waals surface area contributed by atoms with E-state index in [0.717, 1.165) is 18.4 Å². The van der Waals surface area contributed by atoms with Gasteiger partial charge in [0.1, 0.15) is 0 Å². The largest absolute Gasteiger partial charge is 0.448 e. The molecule has 0 bridgehead atoms. The molecule has 1 aliphatic carbocycles. The summed E-state index contributed by atoms with van der Waals surface area (Å²) in [4.78, 5) is 12.3. The summed E-state index contributed by atoms with van der Waals surface area (Å²) in [6.07, 6.45) is 0.776. The molecule has 28 heavy (non-hydrogen) atoms. The van der Waals surface area contributed by atoms with Gasteiger partial charge in [-0.3, -0.25) is 0 Å². The minimum absolute atomic E-state index is 0.0249. The van der Waals surface area contributed by atoms with Gasteiger partial charge < -0.3 is 4.74 Å². The minimum Gasteiger partial charge on any atom is -0.448 e. The number of fused-ring (bicyclic) bond motifs is 1. The summed E-state index contributed by atoms with van der Waals surface area (Å²) < 4.78 is 58.7. The van der Waals surface area contributed by atoms with Crippen LogP contribution in [-0.2, 0) is 24.8 Å². The number of hydrogen-bond acceptors (Lipinski definition) is 7. The molecule has 11 heteroatoms. The number of carbonyl (C=O) groups excluding carboxylic acids is 1. The number of benzene rings is 1. The molecule has 0 radical (unpaired) electrons. The second-order valence-corrected chi connectivity index (χ2v) is 10.8. The van der Waals surface area contributed by atoms with E-state index < -0.39 is 37.6 Å². The van der Waals surface area contributed by atoms with Crippen molar-refractivity contribution in [2.75, 3.05) is 6.61 Å². The van der Waals surface area contributed by atoms with Gasteiger partial charge in [-0.2, -0.15) is 18.6 Å². The first-order chi connectivity index (χ1) is 13.2. The number of carbonyl (C=O) groups is 1. The van der Waals surface area contributed by atoms with Crippen molar-refractivity contribution in [3.8, 4) is 0 Å². The molecule has 156 valence electrons. The fourth-order valence-electron chi connectivity index (χ4n) is 3.71. The van der Waals surface area contributed by atoms with Gasteiger partial charge in [0.05, 0.1) is 22.9 Å². The first-order valence-electron chi connectivity index (χ1n) is 9.23. The zero-order valence-corrected chi connectivity index (χ0v) is 17.4. The fourth-order valence-corrected chi connectivity index (χ4v) is 6.89. The van der Waals surface area contributed by atoms with Crippen molar-refractivity contribution in [1.29, 1.82) is 0 Å². The molecule has 0 aromatic heterocycles. The summed E-state index contributed by atoms with van der Waals surface area (Å²) in [5.41, 5.74) is 3.45. The van der Waals surface area contributed by atoms with Crippen LogP contribution in [0.4, 0.5) is 4.79 Å². The second kappa shape index (κ2) is 7.97. The Morgan fingerprint density at radius 1 is 1.25 bits per heavy atom. The van der Waals surface area contributed by atoms with Crippen molar-refractivity contribution in [2.24, 2.45) is 5.92 Å². The van der Waals surface area contributed by atoms with Crippen LogP contribution >= 0.6 is 0 Å². The van der Waals surface area contributed by atoms with E-state index in [9.17, 15) is 21.6 Å². The fraction of sp³-hybridized carbons (Fsp3) is 0.588. The first kappa shape index (κ1) is 21.0. The smallest absolute Gasteiger partial charge is 0.439 e. The van der Waals surface area contributed by atoms with Crippen molar-refractivity contribution in [2.45, 2.75) is 55.8 Å². The van der Waals surface area contributed by atoms with Crippen molar-refractivity contribution in [3.63, 3.8) is 0 Å². The van der Waals surface area contributed by atoms with Gasteiger partial charge in [0.2, 0.25) is 10.0 Å². The number of hydrazine groups is 1. The Morgan fingerprint density at radius 2 is 1.89 bits per heavy atom. The van der Waals surface area contributed by atoms with Crippen LogP contribution in [-0.4, -0.2) is 45.4 Å². The van der Waals surface area contributed by atoms with Crippen molar-refractivity contribution < 1.29 is 26.4 Å². The van der Waals surface area contributed by atoms with E-state index in [1.165, 1.54) is 12.1 Å². The highest BCUT2D eigenvalue weighted by atomic mass is 32.2. The monoisotopic (exact) mass is 431 g/mol. The van der Waals surface area contributed by atoms with Crippen LogP contribution < -0.4 is 10.1 Å². The summed E-state index contributed by atoms with van der Waals surface area (Å²) in [6, 6.07) is 6.01. The lowest BCUT2D eigenvalue weighted by atomic mass is 9.87. The number of sulfonamides is 2. The van der Waals surface area contributed by atoms with Crippen LogP contribution in [0, 0.1) is 12.8 Å². The van der Waals surface area contributed by atoms with Crippen molar-refractivity contribution >= 4 is 26.1 Å². The highest BCUT2D eigenvalue weighted by molar-refractivity contribution is 7.90. The van der Waals surface area contributed by atoms with Gasteiger partial charge in [-0.15, -0.1) is 4.41 Å². The van der Waals surface area contributed by atoms with E-state index in [-0.39, 0.29) is 17.4 Å². The third-order valence-electron chi connectivity index (χ3n) is 5.12. The Morgan fingerprint density at radius 3 is 2.54 bits per heavy atom. The van der Waals surface area contributed by atoms with Gasteiger partial charge in [-0.05, 0) is 38.8 Å². The predicted molar refractivity (Wildman–Crippen MR) is 102 cm³/mol. The normalized spacial score (nSPS) is 26.4. The maximum absolute atomic E-state index is 13.1. The molecule has 3 unspecified atom stereocenters. The Balaban J connectivity index is 1.93. The van der Waals surface area contributed by atoms with Crippen LogP contribution in [0.3, 0.4) is 0 Å². The average Bonchev–Trinajstić information content (AvgIpc) is 2.91. The zero-order valence-electron chi connectivity index (χ0n) is 15.8. The topological polar surface area (TPSA) is 122 Å². The molecule has 1 amide bonds. The predicted octanol–water partition coefficient (Wildman–Crippen LogP) is 1.46. The highest BCUT2D eigenvalue weighted by Gasteiger charge is 2.49. The lowest BCUT2D eigenvalue weighted by Gasteiger charge is -2.30. The molecule has 1 saturated heterocycles. The maximum atomic E-state index is 13.1. The molecule has 3 rings (SSSR count). The molecule has 1 saturated carbocycles. The van der Waals surface area contributed by atoms with Crippen LogP contribution in [0.5, 0.6) is 0 Å². The van der Waals surface area contributed by atoms with Gasteiger partial charge in [0.15, 0.2) is 0 Å². The molecule has 1 heterocycles. The number of aryl methyl sites for hydroxylation is 1. The molecule has 1 aromatic rings. The number of hydrogen-bond donors (Lipinski definition) is 2. The Kier molecular flexibility index (Phi) is 5.99. The minimum atomic E-state index is -4.29. The van der Waals surface area contributed by atoms with Gasteiger partial charge in [-0.25, -0.2) is 13.2 Å². The van der Waals surface area contributed by atoms with Crippen LogP contribution in [0.1, 0.15) is 38.2 Å². The van der Waals surface area contributed by atoms with Crippen LogP contribution in [0.25, 0.3) is 0 Å². The molecular weight excluding hydrogens is 406 g/mol. The Bertz CT molecular complexity index is 930. The third-order valence-corrected chi connectivity index (χ3v) is 8.69. The number of nitrogens with zero attached hydrogens (tertiary/aromatic N) is 1. The van der Waals surface area contributed by atoms with E-state index >= 15 is 0 Å². The van der Waals surface area contributed by atoms with Crippen molar-refractivity contribution in [1.82, 2.24) is 14.6 Å². The van der Waals surface area contributed by atoms with Gasteiger partial charge >= 0.3 is 6.09 Å². The molecule has 3 atom stereocenters. The number of ether oxygens (including phenoxy) is 1. The molecule has 2 N–H and O–H groups in total. The van der Waals surface area contributed by atoms with E-state index in [1.807, 2.05) is 6.92 Å². The lowest BCUT2D eigenvalue weighted by molar-refractivity contribution is 0.106. The molecule has 2 aliphatic rings. The summed E-state index contributed by atoms with van der Waals surface area (Å²) in [6.45, 7) is 3.35. The number of nitrogens with one attached hydrogen (secondary N) is 2. The molecule has 2 fully saturated rings. The standard InChI is InChI=1S/C17H25N3O6S2/c1-3-26-17(21)20(28(24,25)13-10-8-12(2)9-11-13)18-16-14-6-4-5-7-15(14)27(22,23)19-16/h8-11,14-16,18-19H,3-7H2,1-2H3. The van der Waals surface area contributed by atoms with Gasteiger partial charge in [0, 0.05) is 5.92 Å². The van der Waals surface area contributed by atoms with Gasteiger partial charge in [0.25, 0.3) is 10.0 Å². The van der Waals surface area contributed by atoms with E-state index in [2.05, 4.69) is 10.1 Å². The second-order valence-electron chi connectivity index (χ2n) is 7.04. The Hall–Kier alpha value is -1.69. The SMILES string of the molecule is CCOC(=O)N(NC1NS(=O)(=O)C2CCCCC12)S(=O)(=O)c1ccc(C)cc1. The summed E-state index contributed by atoms with van der Waals surface area (Å²) in [5.74, 6) is -0.330. The number of rotatable bonds is 5. The van der Waals surface area contributed by atoms with Gasteiger partial charge in [-0.1, -0.05) is 30.5 Å². The molecule has 0 spiro atoms. The number of amides is 1. The first-order valence-corrected chi connectivity index (χ1v) is 12.2. The molecule has 1 aliphatic heterocycles. The zero-order chi connectivity index (χ0) is 20.5. The van der Waals surface area contributed by atoms with Crippen LogP contribution in [0.2, 0.25) is 0 Å². The lowest BCUT2D eigenvalue weighted by Crippen LogP contribution is -2.56. The summed E-state index contributed by atoms with van der Waals surface area (Å²) in [5, 5.41) is -0.593. The summed E-state index contributed by atoms with van der Waals surface area (Å²) >= 11 is 0. The van der Waals surface area contributed by atoms with Crippen LogP contribution in [0.15, 0.2) is 29.2 Å². The third kappa shape index (κ3) is 4.02. The molecule has 1 aromatic carbocycles. The quantitative estimate of drug-likeness (QED) is 0.677. The van der Waals surface area contributed by atoms with E-state index in [1.54, 1.807) is 19.1 Å². The highest BCUT2D eigenvalue weighted by Crippen LogP contribution is 2.36. The van der Waals surface area contributed by atoms with E-state index in [4.69, 9.17) is 4.74 Å².